The number of thiazole rings is 1. The number of aromatic nitrogens is 1. The maximum atomic E-state index is 12.2. The number of hydrogen-bond donors (Lipinski definition) is 1. The van der Waals surface area contributed by atoms with Crippen molar-refractivity contribution in [1.82, 2.24) is 10.3 Å². The molecule has 4 heteroatoms. The van der Waals surface area contributed by atoms with Crippen molar-refractivity contribution in [2.75, 3.05) is 0 Å². The van der Waals surface area contributed by atoms with E-state index in [9.17, 15) is 4.79 Å². The Kier molecular flexibility index (Phi) is 6.02. The summed E-state index contributed by atoms with van der Waals surface area (Å²) in [5.41, 5.74) is 1.04. The number of hydrogen-bond acceptors (Lipinski definition) is 3. The average molecular weight is 294 g/mol. The lowest BCUT2D eigenvalue weighted by molar-refractivity contribution is -0.126. The second-order valence-electron chi connectivity index (χ2n) is 5.96. The fourth-order valence-corrected chi connectivity index (χ4v) is 3.71. The number of aryl methyl sites for hydroxylation is 1. The molecule has 1 aromatic heterocycles. The molecule has 1 aliphatic rings. The highest BCUT2D eigenvalue weighted by atomic mass is 32.1. The van der Waals surface area contributed by atoms with Gasteiger partial charge in [-0.2, -0.15) is 0 Å². The molecule has 1 heterocycles. The van der Waals surface area contributed by atoms with Crippen LogP contribution in [0.1, 0.15) is 62.6 Å². The zero-order valence-electron chi connectivity index (χ0n) is 12.7. The molecule has 112 valence electrons. The fraction of sp³-hybridized carbons (Fsp3) is 0.750. The third-order valence-electron chi connectivity index (χ3n) is 4.26. The number of unbranched alkanes of at least 4 members (excludes halogenated alkanes) is 1. The van der Waals surface area contributed by atoms with Crippen LogP contribution in [0.4, 0.5) is 0 Å². The highest BCUT2D eigenvalue weighted by Crippen LogP contribution is 2.32. The molecule has 0 atom stereocenters. The van der Waals surface area contributed by atoms with Crippen LogP contribution in [0.5, 0.6) is 0 Å². The maximum absolute atomic E-state index is 12.2. The van der Waals surface area contributed by atoms with E-state index in [-0.39, 0.29) is 11.8 Å². The molecule has 1 fully saturated rings. The van der Waals surface area contributed by atoms with E-state index in [2.05, 4.69) is 17.2 Å². The van der Waals surface area contributed by atoms with Crippen LogP contribution >= 0.6 is 11.3 Å². The lowest BCUT2D eigenvalue weighted by Gasteiger charge is -2.27. The van der Waals surface area contributed by atoms with Gasteiger partial charge >= 0.3 is 0 Å². The summed E-state index contributed by atoms with van der Waals surface area (Å²) < 4.78 is 0. The largest absolute Gasteiger partial charge is 0.349 e. The minimum Gasteiger partial charge on any atom is -0.349 e. The number of carbonyl (C=O) groups excluding carboxylic acids is 1. The first-order valence-electron chi connectivity index (χ1n) is 7.87. The first-order valence-corrected chi connectivity index (χ1v) is 8.75. The summed E-state index contributed by atoms with van der Waals surface area (Å²) in [6.45, 7) is 4.83. The van der Waals surface area contributed by atoms with E-state index in [1.54, 1.807) is 11.3 Å². The topological polar surface area (TPSA) is 42.0 Å². The van der Waals surface area contributed by atoms with E-state index >= 15 is 0 Å². The smallest absolute Gasteiger partial charge is 0.223 e. The molecule has 0 aliphatic heterocycles. The highest BCUT2D eigenvalue weighted by Gasteiger charge is 2.25. The highest BCUT2D eigenvalue weighted by molar-refractivity contribution is 7.09. The van der Waals surface area contributed by atoms with Gasteiger partial charge in [-0.1, -0.05) is 26.2 Å². The third kappa shape index (κ3) is 4.58. The van der Waals surface area contributed by atoms with E-state index in [1.165, 1.54) is 32.1 Å². The Bertz CT molecular complexity index is 422. The van der Waals surface area contributed by atoms with Gasteiger partial charge in [-0.05, 0) is 38.5 Å². The summed E-state index contributed by atoms with van der Waals surface area (Å²) in [4.78, 5) is 16.5. The number of nitrogens with one attached hydrogen (secondary N) is 1. The van der Waals surface area contributed by atoms with Crippen molar-refractivity contribution in [3.8, 4) is 0 Å². The van der Waals surface area contributed by atoms with Crippen molar-refractivity contribution in [1.29, 1.82) is 0 Å². The van der Waals surface area contributed by atoms with Crippen LogP contribution in [0.25, 0.3) is 0 Å². The molecule has 1 aliphatic carbocycles. The van der Waals surface area contributed by atoms with Gasteiger partial charge in [0.15, 0.2) is 0 Å². The molecule has 0 saturated heterocycles. The molecular weight excluding hydrogens is 268 g/mol. The molecule has 0 aromatic carbocycles. The Hall–Kier alpha value is -0.900. The van der Waals surface area contributed by atoms with Gasteiger partial charge in [0.25, 0.3) is 0 Å². The van der Waals surface area contributed by atoms with Gasteiger partial charge in [-0.3, -0.25) is 4.79 Å². The van der Waals surface area contributed by atoms with Gasteiger partial charge in [0, 0.05) is 17.0 Å². The Labute approximate surface area is 126 Å². The van der Waals surface area contributed by atoms with Gasteiger partial charge in [0.05, 0.1) is 6.54 Å². The van der Waals surface area contributed by atoms with Gasteiger partial charge in [-0.15, -0.1) is 11.3 Å². The summed E-state index contributed by atoms with van der Waals surface area (Å²) in [6, 6.07) is 0. The summed E-state index contributed by atoms with van der Waals surface area (Å²) in [5.74, 6) is 1.32. The summed E-state index contributed by atoms with van der Waals surface area (Å²) in [6.07, 6.45) is 8.57. The molecule has 2 rings (SSSR count). The molecule has 20 heavy (non-hydrogen) atoms. The SMILES string of the molecule is CCCCC1CCC(C(=O)NCc2nc(C)cs2)CC1. The summed E-state index contributed by atoms with van der Waals surface area (Å²) in [7, 11) is 0. The lowest BCUT2D eigenvalue weighted by Crippen LogP contribution is -2.32. The van der Waals surface area contributed by atoms with Crippen LogP contribution in [0.3, 0.4) is 0 Å². The predicted molar refractivity (Wildman–Crippen MR) is 83.7 cm³/mol. The van der Waals surface area contributed by atoms with E-state index in [4.69, 9.17) is 0 Å². The van der Waals surface area contributed by atoms with Crippen LogP contribution in [-0.4, -0.2) is 10.9 Å². The molecule has 1 amide bonds. The van der Waals surface area contributed by atoms with Crippen molar-refractivity contribution < 1.29 is 4.79 Å². The standard InChI is InChI=1S/C16H26N2OS/c1-3-4-5-13-6-8-14(9-7-13)16(19)17-10-15-18-12(2)11-20-15/h11,13-14H,3-10H2,1-2H3,(H,17,19). The van der Waals surface area contributed by atoms with Crippen LogP contribution in [-0.2, 0) is 11.3 Å². The van der Waals surface area contributed by atoms with Crippen molar-refractivity contribution in [2.45, 2.75) is 65.3 Å². The monoisotopic (exact) mass is 294 g/mol. The van der Waals surface area contributed by atoms with Crippen LogP contribution in [0.15, 0.2) is 5.38 Å². The van der Waals surface area contributed by atoms with Crippen molar-refractivity contribution >= 4 is 17.2 Å². The van der Waals surface area contributed by atoms with Crippen molar-refractivity contribution in [2.24, 2.45) is 11.8 Å². The number of carbonyl (C=O) groups is 1. The lowest BCUT2D eigenvalue weighted by atomic mass is 9.79. The molecule has 1 aromatic rings. The predicted octanol–water partition coefficient (Wildman–Crippen LogP) is 4.06. The van der Waals surface area contributed by atoms with Crippen LogP contribution in [0.2, 0.25) is 0 Å². The number of rotatable bonds is 6. The third-order valence-corrected chi connectivity index (χ3v) is 5.23. The second-order valence-corrected chi connectivity index (χ2v) is 6.90. The van der Waals surface area contributed by atoms with Gasteiger partial charge in [0.2, 0.25) is 5.91 Å². The van der Waals surface area contributed by atoms with Crippen molar-refractivity contribution in [3.63, 3.8) is 0 Å². The number of amides is 1. The van der Waals surface area contributed by atoms with Gasteiger partial charge in [-0.25, -0.2) is 4.98 Å². The van der Waals surface area contributed by atoms with E-state index in [0.29, 0.717) is 6.54 Å². The first kappa shape index (κ1) is 15.5. The molecule has 0 bridgehead atoms. The van der Waals surface area contributed by atoms with Gasteiger partial charge in [0.1, 0.15) is 5.01 Å². The van der Waals surface area contributed by atoms with Crippen LogP contribution < -0.4 is 5.32 Å². The van der Waals surface area contributed by atoms with Crippen LogP contribution in [0, 0.1) is 18.8 Å². The molecule has 1 N–H and O–H groups in total. The minimum atomic E-state index is 0.229. The molecule has 3 nitrogen and oxygen atoms in total. The Morgan fingerprint density at radius 3 is 2.75 bits per heavy atom. The van der Waals surface area contributed by atoms with E-state index < -0.39 is 0 Å². The summed E-state index contributed by atoms with van der Waals surface area (Å²) >= 11 is 1.62. The number of nitrogens with zero attached hydrogens (tertiary/aromatic N) is 1. The Morgan fingerprint density at radius 2 is 2.15 bits per heavy atom. The zero-order valence-corrected chi connectivity index (χ0v) is 13.5. The second kappa shape index (κ2) is 7.77. The van der Waals surface area contributed by atoms with E-state index in [0.717, 1.165) is 29.5 Å². The molecule has 1 saturated carbocycles. The maximum Gasteiger partial charge on any atom is 0.223 e. The molecular formula is C16H26N2OS. The minimum absolute atomic E-state index is 0.229. The zero-order chi connectivity index (χ0) is 14.4. The average Bonchev–Trinajstić information content (AvgIpc) is 2.89. The quantitative estimate of drug-likeness (QED) is 0.859. The van der Waals surface area contributed by atoms with Crippen molar-refractivity contribution in [3.05, 3.63) is 16.1 Å². The Morgan fingerprint density at radius 1 is 1.40 bits per heavy atom. The Balaban J connectivity index is 1.69. The molecule has 0 spiro atoms. The fourth-order valence-electron chi connectivity index (χ4n) is 3.00. The van der Waals surface area contributed by atoms with Gasteiger partial charge < -0.3 is 5.32 Å². The normalized spacial score (nSPS) is 22.7. The molecule has 0 radical (unpaired) electrons. The van der Waals surface area contributed by atoms with E-state index in [1.807, 2.05) is 12.3 Å². The first-order chi connectivity index (χ1) is 9.69. The molecule has 0 unspecified atom stereocenters. The summed E-state index contributed by atoms with van der Waals surface area (Å²) in [5, 5.41) is 6.08.